The zero-order chi connectivity index (χ0) is 35.2. The van der Waals surface area contributed by atoms with Crippen LogP contribution in [-0.4, -0.2) is 23.3 Å². The Kier molecular flexibility index (Phi) is 5.32. The van der Waals surface area contributed by atoms with Crippen molar-refractivity contribution in [2.75, 3.05) is 23.5 Å². The van der Waals surface area contributed by atoms with Crippen LogP contribution in [0.2, 0.25) is 0 Å². The molecule has 1 aliphatic carbocycles. The van der Waals surface area contributed by atoms with Crippen LogP contribution in [0.3, 0.4) is 0 Å². The van der Waals surface area contributed by atoms with Gasteiger partial charge in [-0.05, 0) is 94.3 Å². The molecule has 0 N–H and O–H groups in total. The molecule has 0 fully saturated rings. The lowest BCUT2D eigenvalue weighted by Crippen LogP contribution is -2.29. The van der Waals surface area contributed by atoms with Crippen molar-refractivity contribution < 1.29 is 4.11 Å². The molecule has 6 aromatic carbocycles. The van der Waals surface area contributed by atoms with E-state index in [1.807, 2.05) is 6.07 Å². The molecule has 0 spiro atoms. The molecule has 2 aromatic heterocycles. The minimum atomic E-state index is -2.25. The van der Waals surface area contributed by atoms with Crippen LogP contribution in [-0.2, 0) is 5.41 Å². The average Bonchev–Trinajstić information content (AvgIpc) is 3.80. The molecule has 4 heteroatoms. The number of benzene rings is 6. The third-order valence-corrected chi connectivity index (χ3v) is 10.6. The van der Waals surface area contributed by atoms with Crippen molar-refractivity contribution >= 4 is 38.9 Å². The number of hydrogen-bond donors (Lipinski definition) is 0. The van der Waals surface area contributed by atoms with Gasteiger partial charge in [-0.3, -0.25) is 4.57 Å². The van der Waals surface area contributed by atoms with Crippen LogP contribution in [0, 0.1) is 6.85 Å². The molecule has 0 bridgehead atoms. The van der Waals surface area contributed by atoms with Gasteiger partial charge < -0.3 is 9.80 Å². The molecule has 10 rings (SSSR count). The van der Waals surface area contributed by atoms with Gasteiger partial charge >= 0.3 is 0 Å². The lowest BCUT2D eigenvalue weighted by Gasteiger charge is -2.35. The van der Waals surface area contributed by atoms with E-state index < -0.39 is 12.3 Å². The molecule has 3 heterocycles. The summed E-state index contributed by atoms with van der Waals surface area (Å²) in [5.74, 6) is 0.581. The van der Waals surface area contributed by atoms with Crippen LogP contribution in [0.1, 0.15) is 31.9 Å². The van der Waals surface area contributed by atoms with Crippen molar-refractivity contribution in [2.24, 2.45) is 0 Å². The molecular formula is C45H34N4. The van der Waals surface area contributed by atoms with E-state index in [2.05, 4.69) is 155 Å². The maximum atomic E-state index is 8.15. The smallest absolute Gasteiger partial charge is 0.137 e. The predicted molar refractivity (Wildman–Crippen MR) is 202 cm³/mol. The monoisotopic (exact) mass is 633 g/mol. The number of pyridine rings is 1. The van der Waals surface area contributed by atoms with Crippen LogP contribution in [0.25, 0.3) is 38.8 Å². The Morgan fingerprint density at radius 1 is 0.612 bits per heavy atom. The Morgan fingerprint density at radius 3 is 2.12 bits per heavy atom. The summed E-state index contributed by atoms with van der Waals surface area (Å²) in [6.45, 7) is -1.49. The average molecular weight is 634 g/mol. The van der Waals surface area contributed by atoms with Crippen molar-refractivity contribution in [3.63, 3.8) is 0 Å². The Labute approximate surface area is 290 Å². The summed E-state index contributed by atoms with van der Waals surface area (Å²) in [5.41, 5.74) is 12.3. The number of aryl methyl sites for hydroxylation is 1. The van der Waals surface area contributed by atoms with Crippen LogP contribution in [0.4, 0.5) is 17.1 Å². The highest BCUT2D eigenvalue weighted by molar-refractivity contribution is 6.09. The van der Waals surface area contributed by atoms with Gasteiger partial charge in [-0.1, -0.05) is 103 Å². The van der Waals surface area contributed by atoms with Gasteiger partial charge in [0.05, 0.1) is 34.5 Å². The molecule has 2 aliphatic rings. The molecule has 1 aliphatic heterocycles. The second-order valence-electron chi connectivity index (χ2n) is 13.1. The van der Waals surface area contributed by atoms with Crippen molar-refractivity contribution in [2.45, 2.75) is 12.3 Å². The minimum absolute atomic E-state index is 0.264. The first-order chi connectivity index (χ1) is 25.3. The fourth-order valence-electron chi connectivity index (χ4n) is 8.52. The molecule has 0 atom stereocenters. The standard InChI is InChI=1S/C45H34N4/c1-30-24-25-46-44(26-30)49-40-19-8-5-16-36(40)37-23-22-32(28-43(37)49)45(38-17-6-3-14-34(38)35-15-4-7-18-39(35)45)31-12-11-13-33(27-31)48-29-47(2)41-20-9-10-21-42(41)48/h3-28H,29H2,1-2H3/i1D3. The van der Waals surface area contributed by atoms with Gasteiger partial charge in [-0.25, -0.2) is 4.98 Å². The summed E-state index contributed by atoms with van der Waals surface area (Å²) in [4.78, 5) is 9.44. The van der Waals surface area contributed by atoms with E-state index in [1.54, 1.807) is 18.3 Å². The van der Waals surface area contributed by atoms with Crippen LogP contribution in [0.5, 0.6) is 0 Å². The maximum Gasteiger partial charge on any atom is 0.137 e. The van der Waals surface area contributed by atoms with E-state index >= 15 is 0 Å². The SMILES string of the molecule is [2H]C([2H])([2H])c1ccnc(-n2c3ccccc3c3ccc(C4(c5cccc(N6CN(C)c7ccccc76)c5)c5ccccc5-c5ccccc54)cc32)c1. The van der Waals surface area contributed by atoms with E-state index in [1.165, 1.54) is 39.2 Å². The highest BCUT2D eigenvalue weighted by atomic mass is 15.4. The fraction of sp³-hybridized carbons (Fsp3) is 0.0889. The summed E-state index contributed by atoms with van der Waals surface area (Å²) in [6.07, 6.45) is 1.60. The third-order valence-electron chi connectivity index (χ3n) is 10.6. The second kappa shape index (κ2) is 10.4. The Balaban J connectivity index is 1.27. The lowest BCUT2D eigenvalue weighted by molar-refractivity contribution is 0.768. The highest BCUT2D eigenvalue weighted by Crippen LogP contribution is 2.57. The minimum Gasteiger partial charge on any atom is -0.355 e. The summed E-state index contributed by atoms with van der Waals surface area (Å²) >= 11 is 0. The van der Waals surface area contributed by atoms with Crippen LogP contribution < -0.4 is 9.80 Å². The zero-order valence-electron chi connectivity index (χ0n) is 30.0. The van der Waals surface area contributed by atoms with E-state index in [0.717, 1.165) is 39.7 Å². The predicted octanol–water partition coefficient (Wildman–Crippen LogP) is 10.4. The summed E-state index contributed by atoms with van der Waals surface area (Å²) in [5, 5.41) is 2.17. The van der Waals surface area contributed by atoms with Gasteiger partial charge in [0.15, 0.2) is 0 Å². The molecule has 0 amide bonds. The molecule has 49 heavy (non-hydrogen) atoms. The molecule has 234 valence electrons. The van der Waals surface area contributed by atoms with Crippen LogP contribution in [0.15, 0.2) is 158 Å². The Hall–Kier alpha value is -6.13. The summed E-state index contributed by atoms with van der Waals surface area (Å²) < 4.78 is 26.6. The lowest BCUT2D eigenvalue weighted by atomic mass is 9.67. The number of aromatic nitrogens is 2. The van der Waals surface area contributed by atoms with Gasteiger partial charge in [0.25, 0.3) is 0 Å². The number of para-hydroxylation sites is 3. The molecule has 4 nitrogen and oxygen atoms in total. The molecule has 0 saturated heterocycles. The first-order valence-electron chi connectivity index (χ1n) is 18.2. The Bertz CT molecular complexity index is 2660. The van der Waals surface area contributed by atoms with Crippen molar-refractivity contribution in [3.8, 4) is 16.9 Å². The third kappa shape index (κ3) is 3.89. The fourth-order valence-corrected chi connectivity index (χ4v) is 8.52. The largest absolute Gasteiger partial charge is 0.355 e. The normalized spacial score (nSPS) is 15.5. The summed E-state index contributed by atoms with van der Waals surface area (Å²) in [6, 6.07) is 53.6. The van der Waals surface area contributed by atoms with Crippen molar-refractivity contribution in [3.05, 3.63) is 186 Å². The summed E-state index contributed by atoms with van der Waals surface area (Å²) in [7, 11) is 2.14. The molecule has 0 unspecified atom stereocenters. The Morgan fingerprint density at radius 2 is 1.31 bits per heavy atom. The van der Waals surface area contributed by atoms with Crippen LogP contribution >= 0.6 is 0 Å². The van der Waals surface area contributed by atoms with Gasteiger partial charge in [-0.15, -0.1) is 0 Å². The molecular weight excluding hydrogens is 597 g/mol. The van der Waals surface area contributed by atoms with E-state index in [-0.39, 0.29) is 5.56 Å². The first kappa shape index (κ1) is 25.0. The number of rotatable bonds is 4. The number of anilines is 3. The van der Waals surface area contributed by atoms with E-state index in [4.69, 9.17) is 9.10 Å². The van der Waals surface area contributed by atoms with E-state index in [9.17, 15) is 0 Å². The zero-order valence-corrected chi connectivity index (χ0v) is 27.0. The highest BCUT2D eigenvalue weighted by Gasteiger charge is 2.46. The first-order valence-corrected chi connectivity index (χ1v) is 16.7. The van der Waals surface area contributed by atoms with Crippen molar-refractivity contribution in [1.82, 2.24) is 9.55 Å². The molecule has 0 saturated carbocycles. The van der Waals surface area contributed by atoms with Gasteiger partial charge in [-0.2, -0.15) is 0 Å². The number of fused-ring (bicyclic) bond motifs is 7. The molecule has 8 aromatic rings. The van der Waals surface area contributed by atoms with E-state index in [0.29, 0.717) is 5.82 Å². The topological polar surface area (TPSA) is 24.3 Å². The second-order valence-corrected chi connectivity index (χ2v) is 13.1. The van der Waals surface area contributed by atoms with Crippen molar-refractivity contribution in [1.29, 1.82) is 0 Å². The van der Waals surface area contributed by atoms with Gasteiger partial charge in [0.1, 0.15) is 5.82 Å². The van der Waals surface area contributed by atoms with Gasteiger partial charge in [0, 0.05) is 33.8 Å². The quantitative estimate of drug-likeness (QED) is 0.193. The number of nitrogens with zero attached hydrogens (tertiary/aromatic N) is 4. The molecule has 0 radical (unpaired) electrons. The maximum absolute atomic E-state index is 8.15. The number of hydrogen-bond acceptors (Lipinski definition) is 3. The van der Waals surface area contributed by atoms with Gasteiger partial charge in [0.2, 0.25) is 0 Å².